The van der Waals surface area contributed by atoms with E-state index >= 15 is 0 Å². The number of hydrogen-bond donors (Lipinski definition) is 1. The second-order valence-electron chi connectivity index (χ2n) is 4.28. The van der Waals surface area contributed by atoms with E-state index in [0.29, 0.717) is 0 Å². The normalized spacial score (nSPS) is 11.2. The molecule has 1 N–H and O–H groups in total. The van der Waals surface area contributed by atoms with Crippen molar-refractivity contribution in [1.82, 2.24) is 9.55 Å². The van der Waals surface area contributed by atoms with Gasteiger partial charge in [0, 0.05) is 6.20 Å². The maximum Gasteiger partial charge on any atom is 0.416 e. The standard InChI is InChI=1S/C13H8F3N3O2/c1-7-4-9(13(14,15)16)2-3-10(7)19-6-8(5-17)11(20)18-12(19)21/h2-4,6H,1H3,(H,18,20,21). The quantitative estimate of drug-likeness (QED) is 0.870. The number of alkyl halides is 3. The summed E-state index contributed by atoms with van der Waals surface area (Å²) in [4.78, 5) is 24.9. The lowest BCUT2D eigenvalue weighted by Crippen LogP contribution is -2.30. The molecular formula is C13H8F3N3O2. The number of nitriles is 1. The molecule has 1 aromatic carbocycles. The molecule has 0 amide bonds. The summed E-state index contributed by atoms with van der Waals surface area (Å²) < 4.78 is 38.7. The van der Waals surface area contributed by atoms with Crippen LogP contribution in [-0.4, -0.2) is 9.55 Å². The van der Waals surface area contributed by atoms with Gasteiger partial charge in [0.05, 0.1) is 11.3 Å². The van der Waals surface area contributed by atoms with E-state index in [1.807, 2.05) is 4.98 Å². The second-order valence-corrected chi connectivity index (χ2v) is 4.28. The zero-order valence-electron chi connectivity index (χ0n) is 10.7. The SMILES string of the molecule is Cc1cc(C(F)(F)F)ccc1-n1cc(C#N)c(=O)[nH]c1=O. The van der Waals surface area contributed by atoms with Crippen molar-refractivity contribution >= 4 is 0 Å². The van der Waals surface area contributed by atoms with Crippen LogP contribution in [0.15, 0.2) is 34.0 Å². The molecule has 1 aromatic heterocycles. The monoisotopic (exact) mass is 295 g/mol. The van der Waals surface area contributed by atoms with Crippen LogP contribution in [-0.2, 0) is 6.18 Å². The van der Waals surface area contributed by atoms with Gasteiger partial charge in [-0.3, -0.25) is 14.3 Å². The van der Waals surface area contributed by atoms with Crippen LogP contribution in [0, 0.1) is 18.3 Å². The molecule has 0 saturated heterocycles. The van der Waals surface area contributed by atoms with Crippen LogP contribution in [0.3, 0.4) is 0 Å². The van der Waals surface area contributed by atoms with E-state index in [0.717, 1.165) is 29.0 Å². The fraction of sp³-hybridized carbons (Fsp3) is 0.154. The van der Waals surface area contributed by atoms with Crippen molar-refractivity contribution < 1.29 is 13.2 Å². The van der Waals surface area contributed by atoms with Gasteiger partial charge >= 0.3 is 11.9 Å². The van der Waals surface area contributed by atoms with Crippen LogP contribution < -0.4 is 11.2 Å². The van der Waals surface area contributed by atoms with Crippen LogP contribution in [0.4, 0.5) is 13.2 Å². The molecule has 0 aliphatic carbocycles. The molecule has 0 aliphatic heterocycles. The average Bonchev–Trinajstić information content (AvgIpc) is 2.38. The van der Waals surface area contributed by atoms with E-state index in [1.165, 1.54) is 6.92 Å². The first-order valence-corrected chi connectivity index (χ1v) is 5.68. The number of aromatic amines is 1. The summed E-state index contributed by atoms with van der Waals surface area (Å²) in [5, 5.41) is 8.77. The largest absolute Gasteiger partial charge is 0.416 e. The molecule has 21 heavy (non-hydrogen) atoms. The third kappa shape index (κ3) is 2.72. The molecule has 0 aliphatic rings. The van der Waals surface area contributed by atoms with Crippen molar-refractivity contribution in [2.45, 2.75) is 13.1 Å². The Morgan fingerprint density at radius 3 is 2.48 bits per heavy atom. The van der Waals surface area contributed by atoms with Gasteiger partial charge in [-0.15, -0.1) is 0 Å². The molecule has 2 aromatic rings. The predicted octanol–water partition coefficient (Wildman–Crippen LogP) is 1.72. The summed E-state index contributed by atoms with van der Waals surface area (Å²) in [5.74, 6) is 0. The zero-order valence-corrected chi connectivity index (χ0v) is 10.7. The highest BCUT2D eigenvalue weighted by molar-refractivity contribution is 5.44. The number of nitrogens with one attached hydrogen (secondary N) is 1. The van der Waals surface area contributed by atoms with Gasteiger partial charge in [-0.1, -0.05) is 0 Å². The lowest BCUT2D eigenvalue weighted by molar-refractivity contribution is -0.137. The Bertz CT molecular complexity index is 857. The summed E-state index contributed by atoms with van der Waals surface area (Å²) >= 11 is 0. The third-order valence-electron chi connectivity index (χ3n) is 2.85. The lowest BCUT2D eigenvalue weighted by Gasteiger charge is -2.12. The second kappa shape index (κ2) is 4.94. The molecular weight excluding hydrogens is 287 g/mol. The first-order valence-electron chi connectivity index (χ1n) is 5.68. The molecule has 0 radical (unpaired) electrons. The summed E-state index contributed by atoms with van der Waals surface area (Å²) in [6, 6.07) is 4.43. The van der Waals surface area contributed by atoms with E-state index in [9.17, 15) is 22.8 Å². The number of hydrogen-bond acceptors (Lipinski definition) is 3. The third-order valence-corrected chi connectivity index (χ3v) is 2.85. The Balaban J connectivity index is 2.67. The molecule has 8 heteroatoms. The number of benzene rings is 1. The van der Waals surface area contributed by atoms with E-state index in [-0.39, 0.29) is 16.8 Å². The van der Waals surface area contributed by atoms with Crippen molar-refractivity contribution in [3.63, 3.8) is 0 Å². The predicted molar refractivity (Wildman–Crippen MR) is 67.1 cm³/mol. The number of H-pyrrole nitrogens is 1. The van der Waals surface area contributed by atoms with Gasteiger partial charge in [0.2, 0.25) is 0 Å². The van der Waals surface area contributed by atoms with Crippen LogP contribution in [0.2, 0.25) is 0 Å². The van der Waals surface area contributed by atoms with Gasteiger partial charge in [-0.05, 0) is 30.7 Å². The molecule has 0 atom stereocenters. The highest BCUT2D eigenvalue weighted by Crippen LogP contribution is 2.30. The van der Waals surface area contributed by atoms with E-state index in [1.54, 1.807) is 6.07 Å². The van der Waals surface area contributed by atoms with Crippen molar-refractivity contribution in [3.8, 4) is 11.8 Å². The first-order chi connectivity index (χ1) is 9.74. The van der Waals surface area contributed by atoms with Gasteiger partial charge in [0.25, 0.3) is 5.56 Å². The minimum Gasteiger partial charge on any atom is -0.273 e. The molecule has 0 fully saturated rings. The topological polar surface area (TPSA) is 78.7 Å². The zero-order chi connectivity index (χ0) is 15.8. The molecule has 108 valence electrons. The number of rotatable bonds is 1. The van der Waals surface area contributed by atoms with Crippen molar-refractivity contribution in [1.29, 1.82) is 5.26 Å². The fourth-order valence-corrected chi connectivity index (χ4v) is 1.83. The van der Waals surface area contributed by atoms with E-state index in [4.69, 9.17) is 5.26 Å². The summed E-state index contributed by atoms with van der Waals surface area (Å²) in [6.45, 7) is 1.40. The molecule has 0 unspecified atom stereocenters. The molecule has 0 spiro atoms. The van der Waals surface area contributed by atoms with Crippen molar-refractivity contribution in [3.05, 3.63) is 61.9 Å². The highest BCUT2D eigenvalue weighted by atomic mass is 19.4. The minimum absolute atomic E-state index is 0.153. The summed E-state index contributed by atoms with van der Waals surface area (Å²) in [5.41, 5.74) is -2.50. The minimum atomic E-state index is -4.49. The highest BCUT2D eigenvalue weighted by Gasteiger charge is 2.30. The van der Waals surface area contributed by atoms with Gasteiger partial charge in [0.15, 0.2) is 0 Å². The number of halogens is 3. The van der Waals surface area contributed by atoms with Gasteiger partial charge in [-0.2, -0.15) is 18.4 Å². The first kappa shape index (κ1) is 14.6. The lowest BCUT2D eigenvalue weighted by atomic mass is 10.1. The Kier molecular flexibility index (Phi) is 3.43. The molecule has 2 rings (SSSR count). The summed E-state index contributed by atoms with van der Waals surface area (Å²) in [7, 11) is 0. The Labute approximate surface area is 115 Å². The van der Waals surface area contributed by atoms with Crippen LogP contribution in [0.1, 0.15) is 16.7 Å². The number of aryl methyl sites for hydroxylation is 1. The van der Waals surface area contributed by atoms with Crippen molar-refractivity contribution in [2.24, 2.45) is 0 Å². The van der Waals surface area contributed by atoms with Gasteiger partial charge in [0.1, 0.15) is 11.6 Å². The molecule has 5 nitrogen and oxygen atoms in total. The Morgan fingerprint density at radius 2 is 1.95 bits per heavy atom. The van der Waals surface area contributed by atoms with Crippen LogP contribution in [0.5, 0.6) is 0 Å². The number of nitrogens with zero attached hydrogens (tertiary/aromatic N) is 2. The number of aromatic nitrogens is 2. The maximum absolute atomic E-state index is 12.6. The van der Waals surface area contributed by atoms with Crippen molar-refractivity contribution in [2.75, 3.05) is 0 Å². The Morgan fingerprint density at radius 1 is 1.29 bits per heavy atom. The Hall–Kier alpha value is -2.82. The fourth-order valence-electron chi connectivity index (χ4n) is 1.83. The van der Waals surface area contributed by atoms with Crippen LogP contribution in [0.25, 0.3) is 5.69 Å². The van der Waals surface area contributed by atoms with Crippen LogP contribution >= 0.6 is 0 Å². The van der Waals surface area contributed by atoms with E-state index in [2.05, 4.69) is 0 Å². The van der Waals surface area contributed by atoms with Gasteiger partial charge in [-0.25, -0.2) is 4.79 Å². The average molecular weight is 295 g/mol. The van der Waals surface area contributed by atoms with Gasteiger partial charge < -0.3 is 0 Å². The maximum atomic E-state index is 12.6. The molecule has 0 saturated carbocycles. The molecule has 1 heterocycles. The molecule has 0 bridgehead atoms. The smallest absolute Gasteiger partial charge is 0.273 e. The summed E-state index contributed by atoms with van der Waals surface area (Å²) in [6.07, 6.45) is -3.49. The van der Waals surface area contributed by atoms with E-state index < -0.39 is 23.0 Å².